The molecule has 0 bridgehead atoms. The number of nitrogens with one attached hydrogen (secondary N) is 2. The Kier molecular flexibility index (Phi) is 11.9. The summed E-state index contributed by atoms with van der Waals surface area (Å²) in [4.78, 5) is 35.9. The molecule has 1 aliphatic carbocycles. The first-order valence-electron chi connectivity index (χ1n) is 14.7. The second-order valence-electron chi connectivity index (χ2n) is 10.5. The monoisotopic (exact) mass is 585 g/mol. The van der Waals surface area contributed by atoms with E-state index in [1.165, 1.54) is 0 Å². The summed E-state index contributed by atoms with van der Waals surface area (Å²) in [6.07, 6.45) is 5.21. The third-order valence-corrected chi connectivity index (χ3v) is 7.40. The van der Waals surface area contributed by atoms with Crippen molar-refractivity contribution in [2.24, 2.45) is 11.5 Å². The molecule has 226 valence electrons. The van der Waals surface area contributed by atoms with Gasteiger partial charge in [0.1, 0.15) is 6.61 Å². The van der Waals surface area contributed by atoms with Crippen LogP contribution in [0.3, 0.4) is 0 Å². The normalized spacial score (nSPS) is 13.5. The zero-order chi connectivity index (χ0) is 30.4. The van der Waals surface area contributed by atoms with Crippen molar-refractivity contribution in [3.8, 4) is 11.1 Å². The first-order chi connectivity index (χ1) is 21.0. The summed E-state index contributed by atoms with van der Waals surface area (Å²) in [5.41, 5.74) is 16.8. The molecule has 3 aromatic rings. The van der Waals surface area contributed by atoms with Crippen molar-refractivity contribution in [1.82, 2.24) is 10.6 Å². The minimum atomic E-state index is -0.871. The van der Waals surface area contributed by atoms with Crippen molar-refractivity contribution in [3.63, 3.8) is 0 Å². The molecule has 1 aliphatic rings. The summed E-state index contributed by atoms with van der Waals surface area (Å²) in [7, 11) is 0. The highest BCUT2D eigenvalue weighted by Crippen LogP contribution is 2.44. The minimum Gasteiger partial charge on any atom is -0.449 e. The predicted molar refractivity (Wildman–Crippen MR) is 168 cm³/mol. The predicted octanol–water partition coefficient (Wildman–Crippen LogP) is 4.13. The number of carbonyl (C=O) groups excluding carboxylic acids is 3. The SMILES string of the molecule is NCCCC[C@H](N)C(=O)NC/C=C/C[C@H](NC(=O)OCC1c2ccccc2-c2ccccc21)C(=[OH+])OCc1ccccc1. The van der Waals surface area contributed by atoms with Crippen molar-refractivity contribution in [2.45, 2.75) is 50.3 Å². The van der Waals surface area contributed by atoms with Gasteiger partial charge in [-0.05, 0) is 41.6 Å². The Balaban J connectivity index is 1.33. The third kappa shape index (κ3) is 9.01. The van der Waals surface area contributed by atoms with Crippen molar-refractivity contribution in [1.29, 1.82) is 0 Å². The summed E-state index contributed by atoms with van der Waals surface area (Å²) in [6.45, 7) is 1.11. The lowest BCUT2D eigenvalue weighted by molar-refractivity contribution is -0.122. The molecule has 3 aromatic carbocycles. The molecule has 2 amide bonds. The second-order valence-corrected chi connectivity index (χ2v) is 10.5. The number of carbonyl (C=O) groups is 2. The lowest BCUT2D eigenvalue weighted by atomic mass is 9.98. The Labute approximate surface area is 252 Å². The molecule has 4 rings (SSSR count). The number of nitrogens with two attached hydrogens (primary N) is 2. The molecule has 2 atom stereocenters. The number of alkyl carbamates (subject to hydrolysis) is 1. The molecule has 0 radical (unpaired) electrons. The number of rotatable bonds is 15. The highest BCUT2D eigenvalue weighted by Gasteiger charge is 2.32. The van der Waals surface area contributed by atoms with E-state index in [4.69, 9.17) is 20.9 Å². The van der Waals surface area contributed by atoms with Crippen LogP contribution in [0.25, 0.3) is 11.1 Å². The van der Waals surface area contributed by atoms with Gasteiger partial charge in [0.2, 0.25) is 12.5 Å². The average molecular weight is 586 g/mol. The maximum atomic E-state index is 13.0. The largest absolute Gasteiger partial charge is 0.506 e. The van der Waals surface area contributed by atoms with Gasteiger partial charge in [0.15, 0.2) is 6.04 Å². The minimum absolute atomic E-state index is 0.0892. The number of amides is 2. The Hall–Kier alpha value is -4.47. The van der Waals surface area contributed by atoms with Gasteiger partial charge in [0.05, 0.1) is 6.04 Å². The molecule has 0 aliphatic heterocycles. The molecular formula is C34H41N4O5+. The lowest BCUT2D eigenvalue weighted by Gasteiger charge is -2.16. The Bertz CT molecular complexity index is 1350. The highest BCUT2D eigenvalue weighted by atomic mass is 16.6. The van der Waals surface area contributed by atoms with Crippen molar-refractivity contribution >= 4 is 18.0 Å². The molecule has 9 heteroatoms. The van der Waals surface area contributed by atoms with Gasteiger partial charge in [0.25, 0.3) is 0 Å². The van der Waals surface area contributed by atoms with Crippen LogP contribution < -0.4 is 22.1 Å². The molecule has 0 saturated heterocycles. The zero-order valence-electron chi connectivity index (χ0n) is 24.3. The number of hydrogen-bond donors (Lipinski definition) is 4. The molecular weight excluding hydrogens is 544 g/mol. The van der Waals surface area contributed by atoms with Crippen molar-refractivity contribution < 1.29 is 23.9 Å². The fourth-order valence-electron chi connectivity index (χ4n) is 5.08. The van der Waals surface area contributed by atoms with E-state index in [9.17, 15) is 14.4 Å². The molecule has 0 spiro atoms. The van der Waals surface area contributed by atoms with Crippen LogP contribution in [0.4, 0.5) is 4.79 Å². The van der Waals surface area contributed by atoms with Gasteiger partial charge in [-0.1, -0.05) is 97.4 Å². The standard InChI is InChI=1S/C34H40N4O5/c35-20-10-8-18-30(36)32(39)37-21-11-9-19-31(33(40)42-22-24-12-2-1-3-13-24)38-34(41)43-23-29-27-16-6-4-14-25(27)26-15-5-7-17-28(26)29/h1-7,9,11-17,29-31H,8,10,18-23,35-36H2,(H,37,39)(H,38,41)/p+1/b11-9+/t30-,31-/m0/s1. The number of benzene rings is 3. The third-order valence-electron chi connectivity index (χ3n) is 7.40. The van der Waals surface area contributed by atoms with E-state index in [1.807, 2.05) is 54.6 Å². The number of unbranched alkanes of at least 4 members (excludes halogenated alkanes) is 1. The second kappa shape index (κ2) is 16.2. The van der Waals surface area contributed by atoms with E-state index in [0.717, 1.165) is 40.7 Å². The van der Waals surface area contributed by atoms with E-state index >= 15 is 0 Å². The van der Waals surface area contributed by atoms with Crippen LogP contribution in [0.15, 0.2) is 91.0 Å². The zero-order valence-corrected chi connectivity index (χ0v) is 24.3. The van der Waals surface area contributed by atoms with E-state index < -0.39 is 18.2 Å². The van der Waals surface area contributed by atoms with Crippen LogP contribution in [0, 0.1) is 0 Å². The van der Waals surface area contributed by atoms with Crippen LogP contribution in [0.1, 0.15) is 48.3 Å². The first-order valence-corrected chi connectivity index (χ1v) is 14.7. The average Bonchev–Trinajstić information content (AvgIpc) is 3.35. The van der Waals surface area contributed by atoms with Gasteiger partial charge >= 0.3 is 12.1 Å². The topological polar surface area (TPSA) is 150 Å². The van der Waals surface area contributed by atoms with E-state index in [1.54, 1.807) is 12.2 Å². The maximum absolute atomic E-state index is 13.0. The quantitative estimate of drug-likeness (QED) is 0.0912. The molecule has 0 fully saturated rings. The van der Waals surface area contributed by atoms with Crippen LogP contribution in [0.5, 0.6) is 0 Å². The van der Waals surface area contributed by atoms with Gasteiger partial charge in [-0.3, -0.25) is 4.79 Å². The maximum Gasteiger partial charge on any atom is 0.506 e. The molecule has 0 saturated carbocycles. The van der Waals surface area contributed by atoms with Gasteiger partial charge in [-0.2, -0.15) is 0 Å². The van der Waals surface area contributed by atoms with Crippen LogP contribution in [-0.4, -0.2) is 54.5 Å². The molecule has 0 unspecified atom stereocenters. The fourth-order valence-corrected chi connectivity index (χ4v) is 5.08. The van der Waals surface area contributed by atoms with Gasteiger partial charge in [-0.15, -0.1) is 0 Å². The summed E-state index contributed by atoms with van der Waals surface area (Å²) >= 11 is 0. The summed E-state index contributed by atoms with van der Waals surface area (Å²) in [5.74, 6) is -0.669. The number of ether oxygens (including phenoxy) is 2. The summed E-state index contributed by atoms with van der Waals surface area (Å²) in [6, 6.07) is 24.2. The molecule has 7 N–H and O–H groups in total. The van der Waals surface area contributed by atoms with Crippen LogP contribution in [-0.2, 0) is 20.9 Å². The van der Waals surface area contributed by atoms with Gasteiger partial charge < -0.3 is 36.4 Å². The number of esters is 1. The Morgan fingerprint density at radius 2 is 1.53 bits per heavy atom. The van der Waals surface area contributed by atoms with Crippen LogP contribution in [0.2, 0.25) is 0 Å². The fraction of sp³-hybridized carbons (Fsp3) is 0.324. The molecule has 43 heavy (non-hydrogen) atoms. The molecule has 0 heterocycles. The summed E-state index contributed by atoms with van der Waals surface area (Å²) < 4.78 is 11.3. The Morgan fingerprint density at radius 1 is 0.884 bits per heavy atom. The summed E-state index contributed by atoms with van der Waals surface area (Å²) in [5, 5.41) is 5.50. The van der Waals surface area contributed by atoms with E-state index in [0.29, 0.717) is 13.0 Å². The Morgan fingerprint density at radius 3 is 2.21 bits per heavy atom. The first kappa shape index (κ1) is 31.5. The van der Waals surface area contributed by atoms with Crippen LogP contribution >= 0.6 is 0 Å². The molecule has 0 aromatic heterocycles. The number of fused-ring (bicyclic) bond motifs is 3. The molecule has 9 nitrogen and oxygen atoms in total. The van der Waals surface area contributed by atoms with E-state index in [-0.39, 0.29) is 44.0 Å². The lowest BCUT2D eigenvalue weighted by Crippen LogP contribution is -2.42. The van der Waals surface area contributed by atoms with Gasteiger partial charge in [-0.25, -0.2) is 4.79 Å². The highest BCUT2D eigenvalue weighted by molar-refractivity contribution is 5.83. The van der Waals surface area contributed by atoms with E-state index in [2.05, 4.69) is 34.9 Å². The van der Waals surface area contributed by atoms with Crippen molar-refractivity contribution in [2.75, 3.05) is 19.7 Å². The smallest absolute Gasteiger partial charge is 0.449 e. The number of hydrogen-bond acceptors (Lipinski definition) is 6. The van der Waals surface area contributed by atoms with Gasteiger partial charge in [0, 0.05) is 24.4 Å². The van der Waals surface area contributed by atoms with Crippen molar-refractivity contribution in [3.05, 3.63) is 108 Å².